The summed E-state index contributed by atoms with van der Waals surface area (Å²) >= 11 is 0. The second-order valence-electron chi connectivity index (χ2n) is 6.44. The second-order valence-corrected chi connectivity index (χ2v) is 8.45. The molecular formula is C20H22N2O3S. The van der Waals surface area contributed by atoms with Crippen molar-refractivity contribution in [2.24, 2.45) is 0 Å². The van der Waals surface area contributed by atoms with Gasteiger partial charge in [0.15, 0.2) is 0 Å². The summed E-state index contributed by atoms with van der Waals surface area (Å²) in [4.78, 5) is 12.4. The van der Waals surface area contributed by atoms with Gasteiger partial charge in [0.1, 0.15) is 0 Å². The minimum Gasteiger partial charge on any atom is -0.322 e. The molecule has 1 heterocycles. The third-order valence-electron chi connectivity index (χ3n) is 4.36. The van der Waals surface area contributed by atoms with E-state index >= 15 is 0 Å². The third-order valence-corrected chi connectivity index (χ3v) is 6.22. The highest BCUT2D eigenvalue weighted by Gasteiger charge is 2.29. The molecule has 0 unspecified atom stereocenters. The fourth-order valence-corrected chi connectivity index (χ4v) is 4.64. The number of nitrogens with zero attached hydrogens (tertiary/aromatic N) is 1. The van der Waals surface area contributed by atoms with E-state index in [1.807, 2.05) is 43.3 Å². The van der Waals surface area contributed by atoms with Gasteiger partial charge in [0.25, 0.3) is 5.91 Å². The molecule has 1 saturated heterocycles. The van der Waals surface area contributed by atoms with Crippen LogP contribution in [0.3, 0.4) is 0 Å². The molecule has 0 aromatic heterocycles. The number of anilines is 2. The van der Waals surface area contributed by atoms with Crippen molar-refractivity contribution in [1.29, 1.82) is 0 Å². The molecular weight excluding hydrogens is 348 g/mol. The van der Waals surface area contributed by atoms with Crippen LogP contribution in [0.2, 0.25) is 0 Å². The van der Waals surface area contributed by atoms with Crippen LogP contribution >= 0.6 is 0 Å². The first kappa shape index (κ1) is 18.2. The Morgan fingerprint density at radius 3 is 2.50 bits per heavy atom. The van der Waals surface area contributed by atoms with Crippen molar-refractivity contribution < 1.29 is 13.2 Å². The molecule has 0 saturated carbocycles. The molecule has 2 aromatic rings. The summed E-state index contributed by atoms with van der Waals surface area (Å²) in [7, 11) is -3.21. The van der Waals surface area contributed by atoms with Gasteiger partial charge in [-0.3, -0.25) is 9.10 Å². The summed E-state index contributed by atoms with van der Waals surface area (Å²) in [5.74, 6) is 0.00352. The lowest BCUT2D eigenvalue weighted by Crippen LogP contribution is -2.25. The minimum atomic E-state index is -3.21. The van der Waals surface area contributed by atoms with E-state index in [0.717, 1.165) is 11.1 Å². The van der Waals surface area contributed by atoms with Crippen molar-refractivity contribution in [3.63, 3.8) is 0 Å². The van der Waals surface area contributed by atoms with Crippen molar-refractivity contribution in [2.75, 3.05) is 21.9 Å². The van der Waals surface area contributed by atoms with Gasteiger partial charge in [-0.05, 0) is 55.7 Å². The first-order valence-electron chi connectivity index (χ1n) is 8.52. The Hall–Kier alpha value is -2.60. The molecule has 5 nitrogen and oxygen atoms in total. The number of aryl methyl sites for hydroxylation is 1. The molecule has 1 aliphatic heterocycles. The quantitative estimate of drug-likeness (QED) is 0.837. The zero-order valence-corrected chi connectivity index (χ0v) is 15.7. The van der Waals surface area contributed by atoms with Gasteiger partial charge in [0.2, 0.25) is 10.0 Å². The summed E-state index contributed by atoms with van der Waals surface area (Å²) in [6.07, 6.45) is 2.47. The Bertz CT molecular complexity index is 950. The van der Waals surface area contributed by atoms with Gasteiger partial charge in [-0.25, -0.2) is 8.42 Å². The molecule has 1 N–H and O–H groups in total. The highest BCUT2D eigenvalue weighted by Crippen LogP contribution is 2.29. The predicted molar refractivity (Wildman–Crippen MR) is 106 cm³/mol. The van der Waals surface area contributed by atoms with Gasteiger partial charge in [0.05, 0.1) is 11.4 Å². The maximum atomic E-state index is 12.4. The number of carbonyl (C=O) groups is 1. The van der Waals surface area contributed by atoms with Crippen LogP contribution in [0.1, 0.15) is 24.5 Å². The Labute approximate surface area is 154 Å². The fraction of sp³-hybridized carbons (Fsp3) is 0.250. The van der Waals surface area contributed by atoms with E-state index in [9.17, 15) is 13.2 Å². The van der Waals surface area contributed by atoms with Gasteiger partial charge in [-0.2, -0.15) is 0 Å². The van der Waals surface area contributed by atoms with E-state index < -0.39 is 10.0 Å². The summed E-state index contributed by atoms with van der Waals surface area (Å²) in [5.41, 5.74) is 3.70. The molecule has 0 aliphatic carbocycles. The Morgan fingerprint density at radius 2 is 1.88 bits per heavy atom. The summed E-state index contributed by atoms with van der Waals surface area (Å²) in [6.45, 7) is 4.12. The number of benzene rings is 2. The molecule has 0 spiro atoms. The molecule has 2 aromatic carbocycles. The molecule has 6 heteroatoms. The predicted octanol–water partition coefficient (Wildman–Crippen LogP) is 3.58. The van der Waals surface area contributed by atoms with E-state index in [0.29, 0.717) is 29.9 Å². The monoisotopic (exact) mass is 370 g/mol. The number of amides is 1. The van der Waals surface area contributed by atoms with E-state index in [-0.39, 0.29) is 11.7 Å². The van der Waals surface area contributed by atoms with Crippen LogP contribution in [0.15, 0.2) is 54.1 Å². The number of hydrogen-bond acceptors (Lipinski definition) is 3. The topological polar surface area (TPSA) is 66.5 Å². The third kappa shape index (κ3) is 3.96. The average molecular weight is 370 g/mol. The van der Waals surface area contributed by atoms with Crippen LogP contribution in [0, 0.1) is 6.92 Å². The molecule has 1 fully saturated rings. The zero-order chi connectivity index (χ0) is 18.7. The fourth-order valence-electron chi connectivity index (χ4n) is 3.02. The molecule has 26 heavy (non-hydrogen) atoms. The summed E-state index contributed by atoms with van der Waals surface area (Å²) < 4.78 is 25.6. The van der Waals surface area contributed by atoms with E-state index in [4.69, 9.17) is 0 Å². The van der Waals surface area contributed by atoms with Gasteiger partial charge >= 0.3 is 0 Å². The number of hydrogen-bond donors (Lipinski definition) is 1. The van der Waals surface area contributed by atoms with Gasteiger partial charge in [-0.15, -0.1) is 0 Å². The van der Waals surface area contributed by atoms with Crippen LogP contribution in [0.25, 0.3) is 6.08 Å². The van der Waals surface area contributed by atoms with E-state index in [1.165, 1.54) is 4.31 Å². The van der Waals surface area contributed by atoms with E-state index in [1.54, 1.807) is 25.1 Å². The molecule has 3 rings (SSSR count). The maximum absolute atomic E-state index is 12.4. The maximum Gasteiger partial charge on any atom is 0.251 e. The van der Waals surface area contributed by atoms with Crippen LogP contribution < -0.4 is 9.62 Å². The van der Waals surface area contributed by atoms with Crippen molar-refractivity contribution in [3.05, 3.63) is 65.2 Å². The van der Waals surface area contributed by atoms with Crippen LogP contribution in [0.5, 0.6) is 0 Å². The smallest absolute Gasteiger partial charge is 0.251 e. The lowest BCUT2D eigenvalue weighted by Gasteiger charge is -2.20. The molecule has 0 radical (unpaired) electrons. The molecule has 0 atom stereocenters. The zero-order valence-electron chi connectivity index (χ0n) is 14.9. The van der Waals surface area contributed by atoms with Crippen LogP contribution in [-0.4, -0.2) is 26.6 Å². The Morgan fingerprint density at radius 1 is 1.15 bits per heavy atom. The highest BCUT2D eigenvalue weighted by atomic mass is 32.2. The van der Waals surface area contributed by atoms with Gasteiger partial charge < -0.3 is 5.32 Å². The Kier molecular flexibility index (Phi) is 5.13. The lowest BCUT2D eigenvalue weighted by molar-refractivity contribution is -0.112. The number of nitrogens with one attached hydrogen (secondary N) is 1. The van der Waals surface area contributed by atoms with Gasteiger partial charge in [-0.1, -0.05) is 30.3 Å². The number of rotatable bonds is 4. The molecule has 136 valence electrons. The van der Waals surface area contributed by atoms with Crippen molar-refractivity contribution >= 4 is 33.4 Å². The van der Waals surface area contributed by atoms with Gasteiger partial charge in [0, 0.05) is 17.8 Å². The number of sulfonamides is 1. The molecule has 1 amide bonds. The number of carbonyl (C=O) groups excluding carboxylic acids is 1. The Balaban J connectivity index is 1.76. The second kappa shape index (κ2) is 7.33. The van der Waals surface area contributed by atoms with Crippen LogP contribution in [-0.2, 0) is 14.8 Å². The van der Waals surface area contributed by atoms with Crippen LogP contribution in [0.4, 0.5) is 11.4 Å². The summed E-state index contributed by atoms with van der Waals surface area (Å²) in [6, 6.07) is 14.9. The standard InChI is InChI=1S/C20H22N2O3S/c1-15-14-18(9-10-19(15)22-11-6-12-26(22,24)25)21-20(23)16(2)13-17-7-4-3-5-8-17/h3-5,7-10,13-14H,6,11-12H2,1-2H3,(H,21,23)/b16-13+. The van der Waals surface area contributed by atoms with Crippen molar-refractivity contribution in [1.82, 2.24) is 0 Å². The molecule has 0 bridgehead atoms. The largest absolute Gasteiger partial charge is 0.322 e. The SMILES string of the molecule is C/C(=C\c1ccccc1)C(=O)Nc1ccc(N2CCCS2(=O)=O)c(C)c1. The van der Waals surface area contributed by atoms with E-state index in [2.05, 4.69) is 5.32 Å². The normalized spacial score (nSPS) is 16.5. The van der Waals surface area contributed by atoms with Crippen molar-refractivity contribution in [3.8, 4) is 0 Å². The van der Waals surface area contributed by atoms with Crippen molar-refractivity contribution in [2.45, 2.75) is 20.3 Å². The average Bonchev–Trinajstić information content (AvgIpc) is 2.95. The highest BCUT2D eigenvalue weighted by molar-refractivity contribution is 7.93. The molecule has 1 aliphatic rings. The first-order chi connectivity index (χ1) is 12.4. The minimum absolute atomic E-state index is 0.185. The first-order valence-corrected chi connectivity index (χ1v) is 10.1. The summed E-state index contributed by atoms with van der Waals surface area (Å²) in [5, 5.41) is 2.87. The lowest BCUT2D eigenvalue weighted by atomic mass is 10.1.